The molecule has 0 saturated heterocycles. The first-order chi connectivity index (χ1) is 15.8. The number of likely N-dealkylation sites (N-methyl/N-ethyl adjacent to an activating group) is 1. The predicted molar refractivity (Wildman–Crippen MR) is 130 cm³/mol. The van der Waals surface area contributed by atoms with Crippen LogP contribution in [-0.2, 0) is 14.8 Å². The molecule has 0 aliphatic carbocycles. The highest BCUT2D eigenvalue weighted by atomic mass is 32.2. The molecule has 0 aliphatic heterocycles. The molecule has 7 nitrogen and oxygen atoms in total. The molecule has 0 atom stereocenters. The van der Waals surface area contributed by atoms with Crippen LogP contribution in [0.3, 0.4) is 0 Å². The number of hydrogen-bond donors (Lipinski definition) is 0. The van der Waals surface area contributed by atoms with Crippen molar-refractivity contribution in [2.75, 3.05) is 36.5 Å². The lowest BCUT2D eigenvalue weighted by Crippen LogP contribution is -2.41. The summed E-state index contributed by atoms with van der Waals surface area (Å²) in [5.74, 6) is 0.435. The Bertz CT molecular complexity index is 1200. The standard InChI is InChI=1S/C25H28N2O5S/c1-5-32-22-14-12-21(13-15-22)27(18-25(28)26(3)20-9-7-6-8-10-20)33(29,30)24-17-19(2)11-16-23(24)31-4/h6-17H,5,18H2,1-4H3. The molecule has 0 unspecified atom stereocenters. The molecule has 33 heavy (non-hydrogen) atoms. The molecule has 0 radical (unpaired) electrons. The number of aryl methyl sites for hydroxylation is 1. The van der Waals surface area contributed by atoms with E-state index in [0.717, 1.165) is 9.87 Å². The normalized spacial score (nSPS) is 11.0. The fraction of sp³-hybridized carbons (Fsp3) is 0.240. The summed E-state index contributed by atoms with van der Waals surface area (Å²) in [7, 11) is -1.10. The van der Waals surface area contributed by atoms with Gasteiger partial charge in [-0.3, -0.25) is 9.10 Å². The number of hydrogen-bond acceptors (Lipinski definition) is 5. The molecule has 0 fully saturated rings. The summed E-state index contributed by atoms with van der Waals surface area (Å²) in [6, 6.07) is 20.6. The molecule has 0 heterocycles. The third kappa shape index (κ3) is 5.46. The van der Waals surface area contributed by atoms with Crippen LogP contribution in [0.2, 0.25) is 0 Å². The van der Waals surface area contributed by atoms with E-state index in [-0.39, 0.29) is 16.6 Å². The minimum absolute atomic E-state index is 0.00551. The molecule has 1 amide bonds. The summed E-state index contributed by atoms with van der Waals surface area (Å²) >= 11 is 0. The summed E-state index contributed by atoms with van der Waals surface area (Å²) in [5, 5.41) is 0. The van der Waals surface area contributed by atoms with Crippen molar-refractivity contribution in [2.45, 2.75) is 18.7 Å². The first-order valence-electron chi connectivity index (χ1n) is 10.5. The zero-order valence-electron chi connectivity index (χ0n) is 19.2. The molecule has 0 aliphatic rings. The van der Waals surface area contributed by atoms with Crippen molar-refractivity contribution in [3.63, 3.8) is 0 Å². The second-order valence-corrected chi connectivity index (χ2v) is 9.21. The van der Waals surface area contributed by atoms with Gasteiger partial charge in [0.15, 0.2) is 0 Å². The maximum atomic E-state index is 13.8. The first-order valence-corrected chi connectivity index (χ1v) is 11.9. The number of carbonyl (C=O) groups is 1. The Hall–Kier alpha value is -3.52. The Kier molecular flexibility index (Phi) is 7.60. The van der Waals surface area contributed by atoms with Crippen LogP contribution in [-0.4, -0.2) is 41.6 Å². The largest absolute Gasteiger partial charge is 0.495 e. The van der Waals surface area contributed by atoms with Gasteiger partial charge in [-0.2, -0.15) is 0 Å². The summed E-state index contributed by atoms with van der Waals surface area (Å²) < 4.78 is 39.5. The molecule has 3 aromatic rings. The number of anilines is 2. The van der Waals surface area contributed by atoms with Crippen molar-refractivity contribution >= 4 is 27.3 Å². The fourth-order valence-electron chi connectivity index (χ4n) is 3.32. The van der Waals surface area contributed by atoms with E-state index < -0.39 is 16.6 Å². The number of sulfonamides is 1. The van der Waals surface area contributed by atoms with Crippen LogP contribution in [0.1, 0.15) is 12.5 Å². The number of methoxy groups -OCH3 is 1. The number of amides is 1. The van der Waals surface area contributed by atoms with Gasteiger partial charge in [0.1, 0.15) is 22.9 Å². The fourth-order valence-corrected chi connectivity index (χ4v) is 4.98. The van der Waals surface area contributed by atoms with Gasteiger partial charge in [-0.1, -0.05) is 24.3 Å². The predicted octanol–water partition coefficient (Wildman–Crippen LogP) is 4.26. The number of ether oxygens (including phenoxy) is 2. The Morgan fingerprint density at radius 3 is 2.21 bits per heavy atom. The van der Waals surface area contributed by atoms with Crippen molar-refractivity contribution in [1.29, 1.82) is 0 Å². The first kappa shape index (κ1) is 24.1. The van der Waals surface area contributed by atoms with Crippen LogP contribution < -0.4 is 18.7 Å². The van der Waals surface area contributed by atoms with Gasteiger partial charge in [0.2, 0.25) is 5.91 Å². The van der Waals surface area contributed by atoms with Gasteiger partial charge >= 0.3 is 0 Å². The summed E-state index contributed by atoms with van der Waals surface area (Å²) in [6.07, 6.45) is 0. The van der Waals surface area contributed by atoms with E-state index >= 15 is 0 Å². The smallest absolute Gasteiger partial charge is 0.268 e. The summed E-state index contributed by atoms with van der Waals surface area (Å²) in [6.45, 7) is 3.77. The summed E-state index contributed by atoms with van der Waals surface area (Å²) in [4.78, 5) is 14.6. The van der Waals surface area contributed by atoms with Gasteiger partial charge in [0.25, 0.3) is 10.0 Å². The number of benzene rings is 3. The second-order valence-electron chi connectivity index (χ2n) is 7.38. The third-order valence-corrected chi connectivity index (χ3v) is 6.91. The van der Waals surface area contributed by atoms with Crippen molar-refractivity contribution in [1.82, 2.24) is 0 Å². The Morgan fingerprint density at radius 2 is 1.61 bits per heavy atom. The molecule has 0 saturated carbocycles. The molecular formula is C25H28N2O5S. The molecular weight excluding hydrogens is 440 g/mol. The van der Waals surface area contributed by atoms with Crippen LogP contribution in [0, 0.1) is 6.92 Å². The molecule has 3 rings (SSSR count). The summed E-state index contributed by atoms with van der Waals surface area (Å²) in [5.41, 5.74) is 1.77. The zero-order valence-corrected chi connectivity index (χ0v) is 20.0. The number of carbonyl (C=O) groups excluding carboxylic acids is 1. The van der Waals surface area contributed by atoms with E-state index in [9.17, 15) is 13.2 Å². The van der Waals surface area contributed by atoms with E-state index in [1.807, 2.05) is 25.1 Å². The highest BCUT2D eigenvalue weighted by Gasteiger charge is 2.31. The molecule has 0 aromatic heterocycles. The molecule has 3 aromatic carbocycles. The average Bonchev–Trinajstić information content (AvgIpc) is 2.83. The molecule has 8 heteroatoms. The number of para-hydroxylation sites is 1. The lowest BCUT2D eigenvalue weighted by molar-refractivity contribution is -0.116. The third-order valence-electron chi connectivity index (χ3n) is 5.12. The minimum atomic E-state index is -4.14. The van der Waals surface area contributed by atoms with Crippen molar-refractivity contribution in [3.05, 3.63) is 78.4 Å². The van der Waals surface area contributed by atoms with Crippen LogP contribution in [0.25, 0.3) is 0 Å². The SMILES string of the molecule is CCOc1ccc(N(CC(=O)N(C)c2ccccc2)S(=O)(=O)c2cc(C)ccc2OC)cc1. The monoisotopic (exact) mass is 468 g/mol. The van der Waals surface area contributed by atoms with Crippen LogP contribution in [0.15, 0.2) is 77.7 Å². The molecule has 0 bridgehead atoms. The van der Waals surface area contributed by atoms with Crippen molar-refractivity contribution in [2.24, 2.45) is 0 Å². The topological polar surface area (TPSA) is 76.2 Å². The van der Waals surface area contributed by atoms with E-state index in [1.165, 1.54) is 12.0 Å². The van der Waals surface area contributed by atoms with Crippen LogP contribution in [0.5, 0.6) is 11.5 Å². The number of rotatable bonds is 9. The zero-order chi connectivity index (χ0) is 24.0. The van der Waals surface area contributed by atoms with Gasteiger partial charge < -0.3 is 14.4 Å². The minimum Gasteiger partial charge on any atom is -0.495 e. The Morgan fingerprint density at radius 1 is 0.939 bits per heavy atom. The maximum absolute atomic E-state index is 13.8. The Balaban J connectivity index is 2.05. The number of nitrogens with zero attached hydrogens (tertiary/aromatic N) is 2. The van der Waals surface area contributed by atoms with Gasteiger partial charge in [0, 0.05) is 12.7 Å². The van der Waals surface area contributed by atoms with Gasteiger partial charge in [-0.15, -0.1) is 0 Å². The quantitative estimate of drug-likeness (QED) is 0.469. The van der Waals surface area contributed by atoms with E-state index in [0.29, 0.717) is 23.7 Å². The van der Waals surface area contributed by atoms with Crippen molar-refractivity contribution in [3.8, 4) is 11.5 Å². The Labute approximate surface area is 195 Å². The average molecular weight is 469 g/mol. The van der Waals surface area contributed by atoms with Gasteiger partial charge in [0.05, 0.1) is 19.4 Å². The lowest BCUT2D eigenvalue weighted by Gasteiger charge is -2.27. The molecule has 0 N–H and O–H groups in total. The maximum Gasteiger partial charge on any atom is 0.268 e. The highest BCUT2D eigenvalue weighted by Crippen LogP contribution is 2.32. The van der Waals surface area contributed by atoms with Crippen LogP contribution >= 0.6 is 0 Å². The van der Waals surface area contributed by atoms with Crippen LogP contribution in [0.4, 0.5) is 11.4 Å². The van der Waals surface area contributed by atoms with Gasteiger partial charge in [-0.25, -0.2) is 8.42 Å². The van der Waals surface area contributed by atoms with E-state index in [1.54, 1.807) is 68.6 Å². The van der Waals surface area contributed by atoms with E-state index in [2.05, 4.69) is 0 Å². The van der Waals surface area contributed by atoms with E-state index in [4.69, 9.17) is 9.47 Å². The lowest BCUT2D eigenvalue weighted by atomic mass is 10.2. The second kappa shape index (κ2) is 10.4. The molecule has 0 spiro atoms. The molecule has 174 valence electrons. The van der Waals surface area contributed by atoms with Crippen molar-refractivity contribution < 1.29 is 22.7 Å². The van der Waals surface area contributed by atoms with Gasteiger partial charge in [-0.05, 0) is 67.9 Å². The highest BCUT2D eigenvalue weighted by molar-refractivity contribution is 7.93.